The van der Waals surface area contributed by atoms with E-state index < -0.39 is 0 Å². The number of imidazole rings is 1. The summed E-state index contributed by atoms with van der Waals surface area (Å²) in [6.07, 6.45) is 10.7. The summed E-state index contributed by atoms with van der Waals surface area (Å²) in [5.74, 6) is 0.700. The number of ether oxygens (including phenoxy) is 1. The van der Waals surface area contributed by atoms with Gasteiger partial charge in [-0.25, -0.2) is 9.78 Å². The second-order valence-corrected chi connectivity index (χ2v) is 9.61. The molecule has 166 valence electrons. The minimum Gasteiger partial charge on any atom is -0.410 e. The molecule has 0 atom stereocenters. The molecule has 31 heavy (non-hydrogen) atoms. The lowest BCUT2D eigenvalue weighted by atomic mass is 9.88. The van der Waals surface area contributed by atoms with E-state index in [0.29, 0.717) is 24.1 Å². The van der Waals surface area contributed by atoms with Crippen LogP contribution in [0.5, 0.6) is 5.75 Å². The van der Waals surface area contributed by atoms with Gasteiger partial charge in [0.1, 0.15) is 5.75 Å². The van der Waals surface area contributed by atoms with Gasteiger partial charge in [-0.3, -0.25) is 4.79 Å². The molecular formula is C23H30N4O3S. The Morgan fingerprint density at radius 2 is 1.77 bits per heavy atom. The highest BCUT2D eigenvalue weighted by Gasteiger charge is 2.26. The van der Waals surface area contributed by atoms with Gasteiger partial charge in [0.2, 0.25) is 5.91 Å². The largest absolute Gasteiger partial charge is 0.415 e. The van der Waals surface area contributed by atoms with E-state index in [1.807, 2.05) is 24.0 Å². The summed E-state index contributed by atoms with van der Waals surface area (Å²) in [6, 6.07) is 7.05. The van der Waals surface area contributed by atoms with Crippen LogP contribution in [0.1, 0.15) is 44.9 Å². The van der Waals surface area contributed by atoms with E-state index in [1.165, 1.54) is 6.42 Å². The van der Waals surface area contributed by atoms with Crippen molar-refractivity contribution >= 4 is 29.4 Å². The molecule has 1 aromatic heterocycles. The lowest BCUT2D eigenvalue weighted by Gasteiger charge is -2.30. The van der Waals surface area contributed by atoms with Crippen LogP contribution in [0.3, 0.4) is 0 Å². The molecule has 1 aliphatic carbocycles. The molecule has 1 aliphatic heterocycles. The van der Waals surface area contributed by atoms with E-state index in [9.17, 15) is 9.59 Å². The zero-order chi connectivity index (χ0) is 21.6. The molecule has 1 saturated carbocycles. The van der Waals surface area contributed by atoms with Gasteiger partial charge in [0, 0.05) is 49.4 Å². The third-order valence-corrected chi connectivity index (χ3v) is 7.46. The molecule has 1 aromatic carbocycles. The van der Waals surface area contributed by atoms with Gasteiger partial charge in [-0.05, 0) is 49.9 Å². The van der Waals surface area contributed by atoms with E-state index in [2.05, 4.69) is 10.3 Å². The Kier molecular flexibility index (Phi) is 7.17. The number of nitrogens with zero attached hydrogens (tertiary/aromatic N) is 3. The van der Waals surface area contributed by atoms with Crippen LogP contribution >= 0.6 is 11.8 Å². The van der Waals surface area contributed by atoms with E-state index in [-0.39, 0.29) is 17.9 Å². The molecule has 0 radical (unpaired) electrons. The van der Waals surface area contributed by atoms with E-state index >= 15 is 0 Å². The van der Waals surface area contributed by atoms with Gasteiger partial charge in [-0.2, -0.15) is 0 Å². The topological polar surface area (TPSA) is 76.5 Å². The molecule has 1 saturated heterocycles. The summed E-state index contributed by atoms with van der Waals surface area (Å²) in [5.41, 5.74) is 0.738. The molecule has 8 heteroatoms. The maximum absolute atomic E-state index is 12.5. The first-order valence-corrected chi connectivity index (χ1v) is 12.0. The lowest BCUT2D eigenvalue weighted by molar-refractivity contribution is -0.120. The Bertz CT molecular complexity index is 884. The minimum absolute atomic E-state index is 0.0933. The van der Waals surface area contributed by atoms with Crippen molar-refractivity contribution in [2.45, 2.75) is 55.4 Å². The number of aryl methyl sites for hydroxylation is 1. The van der Waals surface area contributed by atoms with Crippen molar-refractivity contribution in [1.29, 1.82) is 0 Å². The smallest absolute Gasteiger partial charge is 0.410 e. The summed E-state index contributed by atoms with van der Waals surface area (Å²) in [6.45, 7) is 1.35. The fourth-order valence-electron chi connectivity index (χ4n) is 4.15. The van der Waals surface area contributed by atoms with Gasteiger partial charge in [0.25, 0.3) is 0 Å². The van der Waals surface area contributed by atoms with Crippen LogP contribution < -0.4 is 10.1 Å². The molecular weight excluding hydrogens is 412 g/mol. The average molecular weight is 443 g/mol. The molecule has 0 unspecified atom stereocenters. The first-order valence-electron chi connectivity index (χ1n) is 11.1. The SMILES string of the molecule is Cn1ccnc1SC1CCN(C(=O)Oc2ccc(NC(=O)C3CCCCC3)cc2)CC1. The van der Waals surface area contributed by atoms with Crippen LogP contribution in [0.15, 0.2) is 41.8 Å². The van der Waals surface area contributed by atoms with Crippen molar-refractivity contribution in [1.82, 2.24) is 14.5 Å². The fraction of sp³-hybridized carbons (Fsp3) is 0.522. The molecule has 0 bridgehead atoms. The molecule has 0 spiro atoms. The number of rotatable bonds is 5. The number of carbonyl (C=O) groups excluding carboxylic acids is 2. The maximum atomic E-state index is 12.5. The highest BCUT2D eigenvalue weighted by atomic mass is 32.2. The van der Waals surface area contributed by atoms with Gasteiger partial charge in [-0.1, -0.05) is 31.0 Å². The lowest BCUT2D eigenvalue weighted by Crippen LogP contribution is -2.40. The number of benzene rings is 1. The third-order valence-electron chi connectivity index (χ3n) is 6.05. The number of likely N-dealkylation sites (tertiary alicyclic amines) is 1. The van der Waals surface area contributed by atoms with E-state index in [0.717, 1.165) is 49.4 Å². The Morgan fingerprint density at radius 1 is 1.06 bits per heavy atom. The quantitative estimate of drug-likeness (QED) is 0.727. The summed E-state index contributed by atoms with van der Waals surface area (Å²) >= 11 is 1.77. The number of carbonyl (C=O) groups is 2. The van der Waals surface area contributed by atoms with E-state index in [4.69, 9.17) is 4.74 Å². The Labute approximate surface area is 187 Å². The van der Waals surface area contributed by atoms with Crippen molar-refractivity contribution in [3.63, 3.8) is 0 Å². The van der Waals surface area contributed by atoms with Gasteiger partial charge in [-0.15, -0.1) is 0 Å². The fourth-order valence-corrected chi connectivity index (χ4v) is 5.25. The van der Waals surface area contributed by atoms with E-state index in [1.54, 1.807) is 40.9 Å². The Hall–Kier alpha value is -2.48. The zero-order valence-corrected chi connectivity index (χ0v) is 18.8. The average Bonchev–Trinajstić information content (AvgIpc) is 3.20. The summed E-state index contributed by atoms with van der Waals surface area (Å²) < 4.78 is 7.56. The third kappa shape index (κ3) is 5.81. The van der Waals surface area contributed by atoms with Crippen LogP contribution in [-0.2, 0) is 11.8 Å². The number of nitrogens with one attached hydrogen (secondary N) is 1. The standard InChI is InChI=1S/C23H30N4O3S/c1-26-16-13-24-22(26)31-20-11-14-27(15-12-20)23(29)30-19-9-7-18(8-10-19)25-21(28)17-5-3-2-4-6-17/h7-10,13,16-17,20H,2-6,11-12,14-15H2,1H3,(H,25,28). The van der Waals surface area contributed by atoms with Gasteiger partial charge >= 0.3 is 6.09 Å². The number of thioether (sulfide) groups is 1. The van der Waals surface area contributed by atoms with Crippen LogP contribution in [0, 0.1) is 5.92 Å². The highest BCUT2D eigenvalue weighted by molar-refractivity contribution is 7.99. The first-order chi connectivity index (χ1) is 15.1. The van der Waals surface area contributed by atoms with Crippen molar-refractivity contribution in [2.24, 2.45) is 13.0 Å². The predicted molar refractivity (Wildman–Crippen MR) is 121 cm³/mol. The second kappa shape index (κ2) is 10.2. The van der Waals surface area contributed by atoms with Crippen LogP contribution in [-0.4, -0.2) is 44.8 Å². The molecule has 2 aliphatic rings. The number of aromatic nitrogens is 2. The summed E-state index contributed by atoms with van der Waals surface area (Å²) in [7, 11) is 1.99. The molecule has 7 nitrogen and oxygen atoms in total. The number of anilines is 1. The van der Waals surface area contributed by atoms with Gasteiger partial charge in [0.05, 0.1) is 0 Å². The van der Waals surface area contributed by atoms with Gasteiger partial charge in [0.15, 0.2) is 5.16 Å². The molecule has 4 rings (SSSR count). The maximum Gasteiger partial charge on any atom is 0.415 e. The normalized spacial score (nSPS) is 18.0. The molecule has 2 heterocycles. The van der Waals surface area contributed by atoms with Crippen molar-refractivity contribution in [3.05, 3.63) is 36.7 Å². The molecule has 2 aromatic rings. The van der Waals surface area contributed by atoms with Crippen LogP contribution in [0.4, 0.5) is 10.5 Å². The minimum atomic E-state index is -0.320. The van der Waals surface area contributed by atoms with Gasteiger partial charge < -0.3 is 19.5 Å². The number of piperidine rings is 1. The Morgan fingerprint density at radius 3 is 2.42 bits per heavy atom. The first kappa shape index (κ1) is 21.7. The molecule has 2 fully saturated rings. The predicted octanol–water partition coefficient (Wildman–Crippen LogP) is 4.69. The van der Waals surface area contributed by atoms with Crippen molar-refractivity contribution < 1.29 is 14.3 Å². The zero-order valence-electron chi connectivity index (χ0n) is 18.0. The van der Waals surface area contributed by atoms with Crippen molar-refractivity contribution in [3.8, 4) is 5.75 Å². The second-order valence-electron chi connectivity index (χ2n) is 8.34. The highest BCUT2D eigenvalue weighted by Crippen LogP contribution is 2.29. The van der Waals surface area contributed by atoms with Crippen molar-refractivity contribution in [2.75, 3.05) is 18.4 Å². The summed E-state index contributed by atoms with van der Waals surface area (Å²) in [5, 5.41) is 4.45. The number of hydrogen-bond donors (Lipinski definition) is 1. The number of amides is 2. The molecule has 1 N–H and O–H groups in total. The monoisotopic (exact) mass is 442 g/mol. The Balaban J connectivity index is 1.22. The summed E-state index contributed by atoms with van der Waals surface area (Å²) in [4.78, 5) is 31.0. The number of hydrogen-bond acceptors (Lipinski definition) is 5. The van der Waals surface area contributed by atoms with Crippen LogP contribution in [0.2, 0.25) is 0 Å². The van der Waals surface area contributed by atoms with Crippen LogP contribution in [0.25, 0.3) is 0 Å². The molecule has 2 amide bonds.